The van der Waals surface area contributed by atoms with Crippen molar-refractivity contribution in [2.24, 2.45) is 0 Å². The topological polar surface area (TPSA) is 97.7 Å². The zero-order valence-corrected chi connectivity index (χ0v) is 15.7. The Hall–Kier alpha value is -3.34. The maximum atomic E-state index is 12.8. The number of amides is 1. The van der Waals surface area contributed by atoms with Crippen molar-refractivity contribution in [3.05, 3.63) is 46.9 Å². The van der Waals surface area contributed by atoms with Crippen LogP contribution in [0.5, 0.6) is 5.88 Å². The van der Waals surface area contributed by atoms with Gasteiger partial charge in [0.15, 0.2) is 0 Å². The Morgan fingerprint density at radius 3 is 3.04 bits per heavy atom. The van der Waals surface area contributed by atoms with E-state index in [0.29, 0.717) is 18.2 Å². The van der Waals surface area contributed by atoms with Gasteiger partial charge in [0, 0.05) is 36.1 Å². The summed E-state index contributed by atoms with van der Waals surface area (Å²) < 4.78 is 5.16. The molecule has 1 amide bonds. The predicted molar refractivity (Wildman–Crippen MR) is 105 cm³/mol. The molecule has 2 heterocycles. The number of carbonyl (C=O) groups is 1. The lowest BCUT2D eigenvalue weighted by Crippen LogP contribution is -2.42. The molecule has 0 spiro atoms. The van der Waals surface area contributed by atoms with E-state index in [2.05, 4.69) is 20.1 Å². The van der Waals surface area contributed by atoms with Crippen LogP contribution in [0.3, 0.4) is 0 Å². The first-order valence-corrected chi connectivity index (χ1v) is 9.33. The second kappa shape index (κ2) is 7.35. The lowest BCUT2D eigenvalue weighted by atomic mass is 9.90. The van der Waals surface area contributed by atoms with Crippen molar-refractivity contribution in [2.45, 2.75) is 44.3 Å². The molecule has 0 radical (unpaired) electrons. The molecule has 1 fully saturated rings. The summed E-state index contributed by atoms with van der Waals surface area (Å²) in [7, 11) is 1.49. The molecule has 1 saturated carbocycles. The number of nitrogens with one attached hydrogen (secondary N) is 1. The van der Waals surface area contributed by atoms with Crippen LogP contribution in [0.1, 0.15) is 41.6 Å². The van der Waals surface area contributed by atoms with Gasteiger partial charge in [-0.15, -0.1) is 0 Å². The van der Waals surface area contributed by atoms with Gasteiger partial charge in [-0.3, -0.25) is 4.79 Å². The largest absolute Gasteiger partial charge is 0.490 e. The second-order valence-corrected chi connectivity index (χ2v) is 7.21. The van der Waals surface area contributed by atoms with Gasteiger partial charge in [-0.2, -0.15) is 4.98 Å². The molecule has 3 N–H and O–H groups in total. The summed E-state index contributed by atoms with van der Waals surface area (Å²) in [6, 6.07) is 5.88. The van der Waals surface area contributed by atoms with Crippen LogP contribution in [0.25, 0.3) is 4.85 Å². The van der Waals surface area contributed by atoms with Gasteiger partial charge in [-0.25, -0.2) is 9.83 Å². The van der Waals surface area contributed by atoms with Crippen molar-refractivity contribution in [3.63, 3.8) is 0 Å². The highest BCUT2D eigenvalue weighted by Crippen LogP contribution is 2.33. The van der Waals surface area contributed by atoms with Crippen molar-refractivity contribution in [1.82, 2.24) is 14.9 Å². The molecule has 8 heteroatoms. The molecule has 0 bridgehead atoms. The highest BCUT2D eigenvalue weighted by atomic mass is 16.5. The third-order valence-corrected chi connectivity index (χ3v) is 5.44. The van der Waals surface area contributed by atoms with Crippen LogP contribution >= 0.6 is 0 Å². The first-order valence-electron chi connectivity index (χ1n) is 9.33. The summed E-state index contributed by atoms with van der Waals surface area (Å²) in [6.45, 7) is 7.75. The number of benzene rings is 1. The van der Waals surface area contributed by atoms with E-state index in [1.54, 1.807) is 6.07 Å². The normalized spacial score (nSPS) is 21.1. The van der Waals surface area contributed by atoms with Crippen molar-refractivity contribution in [2.75, 3.05) is 18.2 Å². The Morgan fingerprint density at radius 1 is 1.39 bits per heavy atom. The molecular weight excluding hydrogens is 356 g/mol. The fraction of sp³-hybridized carbons (Fsp3) is 0.400. The summed E-state index contributed by atoms with van der Waals surface area (Å²) in [5.41, 5.74) is 8.51. The summed E-state index contributed by atoms with van der Waals surface area (Å²) >= 11 is 0. The van der Waals surface area contributed by atoms with Gasteiger partial charge in [-0.05, 0) is 43.4 Å². The molecule has 2 aromatic rings. The first-order chi connectivity index (χ1) is 13.6. The number of hydrogen-bond donors (Lipinski definition) is 2. The fourth-order valence-electron chi connectivity index (χ4n) is 4.05. The number of nitrogens with zero attached hydrogens (tertiary/aromatic N) is 4. The van der Waals surface area contributed by atoms with E-state index in [9.17, 15) is 4.79 Å². The summed E-state index contributed by atoms with van der Waals surface area (Å²) in [5, 5.41) is 3.34. The number of fused-ring (bicyclic) bond motifs is 1. The maximum Gasteiger partial charge on any atom is 0.264 e. The molecular formula is C20H22N6O2. The van der Waals surface area contributed by atoms with Crippen LogP contribution in [-0.4, -0.2) is 40.0 Å². The smallest absolute Gasteiger partial charge is 0.264 e. The van der Waals surface area contributed by atoms with Crippen LogP contribution in [0.2, 0.25) is 0 Å². The second-order valence-electron chi connectivity index (χ2n) is 7.21. The molecule has 144 valence electrons. The van der Waals surface area contributed by atoms with Crippen LogP contribution in [0.4, 0.5) is 17.3 Å². The quantitative estimate of drug-likeness (QED) is 0.627. The number of anilines is 2. The Kier molecular flexibility index (Phi) is 4.74. The molecule has 8 nitrogen and oxygen atoms in total. The van der Waals surface area contributed by atoms with Gasteiger partial charge >= 0.3 is 0 Å². The van der Waals surface area contributed by atoms with E-state index in [1.807, 2.05) is 17.0 Å². The van der Waals surface area contributed by atoms with E-state index < -0.39 is 0 Å². The summed E-state index contributed by atoms with van der Waals surface area (Å²) in [5.74, 6) is 0.772. The van der Waals surface area contributed by atoms with Crippen LogP contribution in [-0.2, 0) is 6.54 Å². The maximum absolute atomic E-state index is 12.8. The minimum absolute atomic E-state index is 0.0623. The highest BCUT2D eigenvalue weighted by molar-refractivity contribution is 5.99. The molecule has 1 aliphatic carbocycles. The number of carbonyl (C=O) groups excluding carboxylic acids is 1. The molecule has 0 unspecified atom stereocenters. The molecule has 1 aliphatic heterocycles. The van der Waals surface area contributed by atoms with Gasteiger partial charge in [0.2, 0.25) is 11.8 Å². The van der Waals surface area contributed by atoms with Crippen LogP contribution in [0.15, 0.2) is 24.4 Å². The number of hydrogen-bond acceptors (Lipinski definition) is 6. The highest BCUT2D eigenvalue weighted by Gasteiger charge is 2.35. The molecule has 2 aliphatic rings. The third-order valence-electron chi connectivity index (χ3n) is 5.44. The minimum Gasteiger partial charge on any atom is -0.490 e. The number of nitrogens with two attached hydrogens (primary N) is 1. The summed E-state index contributed by atoms with van der Waals surface area (Å²) in [6.07, 6.45) is 5.27. The molecule has 1 aromatic heterocycles. The first kappa shape index (κ1) is 18.0. The van der Waals surface area contributed by atoms with Crippen molar-refractivity contribution >= 4 is 23.2 Å². The zero-order chi connectivity index (χ0) is 19.7. The molecule has 2 atom stereocenters. The Morgan fingerprint density at radius 2 is 2.25 bits per heavy atom. The standard InChI is InChI=1S/C20H22N6O2/c1-22-17-10-23-20(25-18(17)28-2)24-14-4-3-5-15(9-14)26-11-12-6-7-13(21)8-16(12)19(26)27/h6-8,10,14-15H,3-5,9,11,21H2,2H3,(H,23,24,25)/t14-,15+/m1/s1. The predicted octanol–water partition coefficient (Wildman–Crippen LogP) is 3.00. The van der Waals surface area contributed by atoms with Crippen molar-refractivity contribution < 1.29 is 9.53 Å². The number of methoxy groups -OCH3 is 1. The van der Waals surface area contributed by atoms with Gasteiger partial charge in [-0.1, -0.05) is 6.07 Å². The number of aromatic nitrogens is 2. The fourth-order valence-corrected chi connectivity index (χ4v) is 4.05. The average molecular weight is 378 g/mol. The molecule has 4 rings (SSSR count). The number of nitrogen functional groups attached to an aromatic ring is 1. The van der Waals surface area contributed by atoms with Crippen LogP contribution in [0, 0.1) is 6.57 Å². The number of rotatable bonds is 4. The van der Waals surface area contributed by atoms with Crippen molar-refractivity contribution in [3.8, 4) is 5.88 Å². The minimum atomic E-state index is 0.0623. The van der Waals surface area contributed by atoms with Gasteiger partial charge in [0.1, 0.15) is 0 Å². The third kappa shape index (κ3) is 3.31. The van der Waals surface area contributed by atoms with E-state index in [0.717, 1.165) is 36.8 Å². The lowest BCUT2D eigenvalue weighted by Gasteiger charge is -2.35. The van der Waals surface area contributed by atoms with E-state index in [1.165, 1.54) is 13.3 Å². The van der Waals surface area contributed by atoms with Gasteiger partial charge < -0.3 is 20.7 Å². The SMILES string of the molecule is [C-]#[N+]c1cnc(N[C@@H]2CCC[C@H](N3Cc4ccc(N)cc4C3=O)C2)nc1OC. The summed E-state index contributed by atoms with van der Waals surface area (Å²) in [4.78, 5) is 26.7. The number of ether oxygens (including phenoxy) is 1. The molecule has 1 aromatic carbocycles. The van der Waals surface area contributed by atoms with Crippen molar-refractivity contribution in [1.29, 1.82) is 0 Å². The molecule has 28 heavy (non-hydrogen) atoms. The Bertz CT molecular complexity index is 954. The average Bonchev–Trinajstić information content (AvgIpc) is 3.04. The monoisotopic (exact) mass is 378 g/mol. The Balaban J connectivity index is 1.46. The van der Waals surface area contributed by atoms with E-state index in [4.69, 9.17) is 17.0 Å². The molecule has 0 saturated heterocycles. The Labute approximate surface area is 163 Å². The zero-order valence-electron chi connectivity index (χ0n) is 15.7. The van der Waals surface area contributed by atoms with Gasteiger partial charge in [0.25, 0.3) is 11.6 Å². The van der Waals surface area contributed by atoms with E-state index in [-0.39, 0.29) is 29.6 Å². The lowest BCUT2D eigenvalue weighted by molar-refractivity contribution is 0.0654. The van der Waals surface area contributed by atoms with Crippen LogP contribution < -0.4 is 15.8 Å². The van der Waals surface area contributed by atoms with E-state index >= 15 is 0 Å². The van der Waals surface area contributed by atoms with Gasteiger partial charge in [0.05, 0.1) is 13.7 Å².